The Kier molecular flexibility index (Phi) is 7.15. The van der Waals surface area contributed by atoms with Crippen molar-refractivity contribution in [3.05, 3.63) is 64.7 Å². The van der Waals surface area contributed by atoms with Crippen molar-refractivity contribution in [3.8, 4) is 5.75 Å². The topological polar surface area (TPSA) is 59.5 Å². The number of β-amino-alcohol motifs (C(OH)–C–C–N with tert-alkyl or cyclic N) is 1. The molecule has 7 nitrogen and oxygen atoms in total. The number of ether oxygens (including phenoxy) is 1. The van der Waals surface area contributed by atoms with Crippen molar-refractivity contribution < 1.29 is 14.6 Å². The molecule has 1 atom stereocenters. The fraction of sp³-hybridized carbons (Fsp3) is 0.519. The van der Waals surface area contributed by atoms with E-state index in [9.17, 15) is 9.90 Å². The lowest BCUT2D eigenvalue weighted by Crippen LogP contribution is -2.44. The third-order valence-electron chi connectivity index (χ3n) is 7.29. The number of likely N-dealkylation sites (N-methyl/N-ethyl adjacent to an activating group) is 1. The maximum absolute atomic E-state index is 13.3. The van der Waals surface area contributed by atoms with E-state index in [1.807, 2.05) is 18.2 Å². The van der Waals surface area contributed by atoms with Crippen LogP contribution < -0.4 is 4.74 Å². The van der Waals surface area contributed by atoms with Crippen molar-refractivity contribution in [2.75, 3.05) is 66.0 Å². The molecule has 1 amide bonds. The summed E-state index contributed by atoms with van der Waals surface area (Å²) >= 11 is 0. The molecule has 0 aliphatic carbocycles. The molecule has 34 heavy (non-hydrogen) atoms. The molecule has 0 aromatic heterocycles. The molecule has 3 aliphatic rings. The zero-order valence-corrected chi connectivity index (χ0v) is 20.2. The first-order valence-electron chi connectivity index (χ1n) is 12.5. The number of nitrogens with zero attached hydrogens (tertiary/aromatic N) is 4. The lowest BCUT2D eigenvalue weighted by molar-refractivity contribution is 0.0501. The van der Waals surface area contributed by atoms with Crippen LogP contribution in [0.3, 0.4) is 0 Å². The molecule has 5 rings (SSSR count). The predicted molar refractivity (Wildman–Crippen MR) is 132 cm³/mol. The summed E-state index contributed by atoms with van der Waals surface area (Å²) in [5.41, 5.74) is 4.51. The van der Waals surface area contributed by atoms with E-state index in [1.54, 1.807) is 4.90 Å². The van der Waals surface area contributed by atoms with Gasteiger partial charge in [-0.2, -0.15) is 0 Å². The first kappa shape index (κ1) is 23.3. The van der Waals surface area contributed by atoms with Crippen molar-refractivity contribution in [1.29, 1.82) is 0 Å². The van der Waals surface area contributed by atoms with Gasteiger partial charge in [-0.15, -0.1) is 0 Å². The monoisotopic (exact) mass is 464 g/mol. The van der Waals surface area contributed by atoms with Gasteiger partial charge in [-0.3, -0.25) is 14.6 Å². The zero-order valence-electron chi connectivity index (χ0n) is 20.2. The van der Waals surface area contributed by atoms with Crippen LogP contribution in [-0.4, -0.2) is 103 Å². The summed E-state index contributed by atoms with van der Waals surface area (Å²) in [6.07, 6.45) is 0.413. The highest BCUT2D eigenvalue weighted by molar-refractivity contribution is 5.97. The number of amides is 1. The lowest BCUT2D eigenvalue weighted by atomic mass is 10.00. The second-order valence-electron chi connectivity index (χ2n) is 9.92. The molecule has 2 aromatic carbocycles. The molecule has 2 aromatic rings. The van der Waals surface area contributed by atoms with Gasteiger partial charge < -0.3 is 19.6 Å². The van der Waals surface area contributed by atoms with E-state index in [-0.39, 0.29) is 5.91 Å². The fourth-order valence-electron chi connectivity index (χ4n) is 5.26. The van der Waals surface area contributed by atoms with Crippen LogP contribution in [0.4, 0.5) is 0 Å². The Bertz CT molecular complexity index is 1010. The Hall–Kier alpha value is -2.45. The van der Waals surface area contributed by atoms with Gasteiger partial charge in [0, 0.05) is 58.9 Å². The number of hydrogen-bond acceptors (Lipinski definition) is 6. The van der Waals surface area contributed by atoms with E-state index in [2.05, 4.69) is 46.0 Å². The van der Waals surface area contributed by atoms with E-state index in [0.717, 1.165) is 52.2 Å². The van der Waals surface area contributed by atoms with Gasteiger partial charge >= 0.3 is 0 Å². The van der Waals surface area contributed by atoms with Gasteiger partial charge in [0.1, 0.15) is 12.4 Å². The summed E-state index contributed by atoms with van der Waals surface area (Å²) in [6.45, 7) is 8.76. The molecule has 1 fully saturated rings. The minimum atomic E-state index is -0.590. The molecule has 1 N–H and O–H groups in total. The number of benzene rings is 2. The highest BCUT2D eigenvalue weighted by Crippen LogP contribution is 2.26. The van der Waals surface area contributed by atoms with Gasteiger partial charge in [0.25, 0.3) is 5.91 Å². The minimum Gasteiger partial charge on any atom is -0.491 e. The Morgan fingerprint density at radius 1 is 0.941 bits per heavy atom. The summed E-state index contributed by atoms with van der Waals surface area (Å²) in [5.74, 6) is 0.614. The number of fused-ring (bicyclic) bond motifs is 2. The number of hydrogen-bond donors (Lipinski definition) is 1. The van der Waals surface area contributed by atoms with Crippen LogP contribution in [-0.2, 0) is 19.5 Å². The number of carbonyl (C=O) groups is 1. The molecule has 0 bridgehead atoms. The molecule has 1 saturated heterocycles. The average Bonchev–Trinajstić information content (AvgIpc) is 2.99. The molecular weight excluding hydrogens is 428 g/mol. The van der Waals surface area contributed by atoms with Crippen LogP contribution >= 0.6 is 0 Å². The van der Waals surface area contributed by atoms with Crippen LogP contribution in [0.5, 0.6) is 5.75 Å². The van der Waals surface area contributed by atoms with E-state index in [4.69, 9.17) is 4.74 Å². The molecule has 3 heterocycles. The van der Waals surface area contributed by atoms with Crippen molar-refractivity contribution >= 4 is 5.91 Å². The van der Waals surface area contributed by atoms with Crippen molar-refractivity contribution in [3.63, 3.8) is 0 Å². The highest BCUT2D eigenvalue weighted by atomic mass is 16.5. The summed E-state index contributed by atoms with van der Waals surface area (Å²) in [5, 5.41) is 10.8. The number of aliphatic hydroxyl groups excluding tert-OH is 1. The van der Waals surface area contributed by atoms with Crippen LogP contribution in [0, 0.1) is 0 Å². The summed E-state index contributed by atoms with van der Waals surface area (Å²) in [6, 6.07) is 14.5. The molecule has 0 radical (unpaired) electrons. The van der Waals surface area contributed by atoms with Crippen LogP contribution in [0.2, 0.25) is 0 Å². The molecule has 0 spiro atoms. The summed E-state index contributed by atoms with van der Waals surface area (Å²) in [4.78, 5) is 22.1. The molecule has 0 saturated carbocycles. The standard InChI is InChI=1S/C27H36N4O3/c1-28-10-12-29(13-11-28)17-21-6-7-25-26(16-21)34-15-14-31(27(25)33)20-24(32)19-30-9-8-22-4-2-3-5-23(22)18-30/h2-7,16,24,32H,8-15,17-20H2,1H3/t24-/m1/s1. The summed E-state index contributed by atoms with van der Waals surface area (Å²) in [7, 11) is 2.16. The van der Waals surface area contributed by atoms with Crippen molar-refractivity contribution in [2.24, 2.45) is 0 Å². The Balaban J connectivity index is 1.18. The number of carbonyl (C=O) groups excluding carboxylic acids is 1. The number of piperazine rings is 1. The summed E-state index contributed by atoms with van der Waals surface area (Å²) < 4.78 is 5.99. The van der Waals surface area contributed by atoms with Crippen LogP contribution in [0.15, 0.2) is 42.5 Å². The minimum absolute atomic E-state index is 0.0540. The molecule has 182 valence electrons. The normalized spacial score (nSPS) is 20.9. The quantitative estimate of drug-likeness (QED) is 0.702. The van der Waals surface area contributed by atoms with Gasteiger partial charge in [-0.25, -0.2) is 0 Å². The van der Waals surface area contributed by atoms with E-state index in [0.29, 0.717) is 37.6 Å². The number of rotatable bonds is 6. The van der Waals surface area contributed by atoms with Gasteiger partial charge in [0.05, 0.1) is 18.2 Å². The van der Waals surface area contributed by atoms with Crippen molar-refractivity contribution in [1.82, 2.24) is 19.6 Å². The van der Waals surface area contributed by atoms with Gasteiger partial charge in [0.2, 0.25) is 0 Å². The van der Waals surface area contributed by atoms with Gasteiger partial charge in [0.15, 0.2) is 0 Å². The smallest absolute Gasteiger partial charge is 0.257 e. The van der Waals surface area contributed by atoms with E-state index in [1.165, 1.54) is 16.7 Å². The zero-order chi connectivity index (χ0) is 23.5. The third-order valence-corrected chi connectivity index (χ3v) is 7.29. The second-order valence-corrected chi connectivity index (χ2v) is 9.92. The Morgan fingerprint density at radius 3 is 2.56 bits per heavy atom. The number of aliphatic hydroxyl groups is 1. The highest BCUT2D eigenvalue weighted by Gasteiger charge is 2.27. The molecule has 3 aliphatic heterocycles. The molecule has 7 heteroatoms. The maximum Gasteiger partial charge on any atom is 0.257 e. The SMILES string of the molecule is CN1CCN(Cc2ccc3c(c2)OCCN(C[C@H](O)CN2CCc4ccccc4C2)C3=O)CC1. The van der Waals surface area contributed by atoms with E-state index < -0.39 is 6.10 Å². The second kappa shape index (κ2) is 10.4. The first-order chi connectivity index (χ1) is 16.5. The fourth-order valence-corrected chi connectivity index (χ4v) is 5.26. The molecular formula is C27H36N4O3. The Labute approximate surface area is 202 Å². The average molecular weight is 465 g/mol. The largest absolute Gasteiger partial charge is 0.491 e. The van der Waals surface area contributed by atoms with Gasteiger partial charge in [-0.1, -0.05) is 30.3 Å². The molecule has 0 unspecified atom stereocenters. The van der Waals surface area contributed by atoms with E-state index >= 15 is 0 Å². The van der Waals surface area contributed by atoms with Gasteiger partial charge in [-0.05, 0) is 42.3 Å². The lowest BCUT2D eigenvalue weighted by Gasteiger charge is -2.32. The first-order valence-corrected chi connectivity index (χ1v) is 12.5. The Morgan fingerprint density at radius 2 is 1.74 bits per heavy atom. The van der Waals surface area contributed by atoms with Crippen LogP contribution in [0.1, 0.15) is 27.0 Å². The van der Waals surface area contributed by atoms with Crippen LogP contribution in [0.25, 0.3) is 0 Å². The third kappa shape index (κ3) is 5.44. The predicted octanol–water partition coefficient (Wildman–Crippen LogP) is 1.69. The maximum atomic E-state index is 13.3. The van der Waals surface area contributed by atoms with Crippen molar-refractivity contribution in [2.45, 2.75) is 25.6 Å².